The summed E-state index contributed by atoms with van der Waals surface area (Å²) in [5.41, 5.74) is 0.867. The summed E-state index contributed by atoms with van der Waals surface area (Å²) in [6.45, 7) is 0. The quantitative estimate of drug-likeness (QED) is 0.652. The van der Waals surface area contributed by atoms with Crippen molar-refractivity contribution < 1.29 is 24.0 Å². The lowest BCUT2D eigenvalue weighted by Crippen LogP contribution is -2.35. The van der Waals surface area contributed by atoms with Gasteiger partial charge in [0.15, 0.2) is 0 Å². The molecule has 0 aromatic heterocycles. The van der Waals surface area contributed by atoms with Crippen LogP contribution in [0.25, 0.3) is 0 Å². The van der Waals surface area contributed by atoms with E-state index in [2.05, 4.69) is 12.6 Å². The molecule has 2 rings (SSSR count). The maximum absolute atomic E-state index is 11.8. The van der Waals surface area contributed by atoms with Crippen LogP contribution in [0.4, 0.5) is 0 Å². The summed E-state index contributed by atoms with van der Waals surface area (Å²) in [4.78, 5) is 39.4. The summed E-state index contributed by atoms with van der Waals surface area (Å²) in [6.07, 6.45) is 0.464. The predicted octanol–water partition coefficient (Wildman–Crippen LogP) is 1.14. The Morgan fingerprint density at radius 1 is 1.24 bits per heavy atom. The normalized spacial score (nSPS) is 16.0. The van der Waals surface area contributed by atoms with Gasteiger partial charge >= 0.3 is 5.97 Å². The molecule has 112 valence electrons. The van der Waals surface area contributed by atoms with E-state index >= 15 is 0 Å². The van der Waals surface area contributed by atoms with E-state index in [9.17, 15) is 14.4 Å². The van der Waals surface area contributed by atoms with Gasteiger partial charge in [0.25, 0.3) is 11.8 Å². The molecule has 0 aliphatic carbocycles. The molecule has 0 N–H and O–H groups in total. The van der Waals surface area contributed by atoms with Gasteiger partial charge in [-0.05, 0) is 24.1 Å². The first-order valence-corrected chi connectivity index (χ1v) is 6.91. The Kier molecular flexibility index (Phi) is 4.85. The topological polar surface area (TPSA) is 72.9 Å². The molecule has 0 spiro atoms. The molecule has 1 aromatic rings. The molecule has 2 amide bonds. The summed E-state index contributed by atoms with van der Waals surface area (Å²) in [6, 6.07) is 7.16. The number of hydrogen-bond donors (Lipinski definition) is 1. The fourth-order valence-corrected chi connectivity index (χ4v) is 2.13. The average molecular weight is 309 g/mol. The van der Waals surface area contributed by atoms with Gasteiger partial charge in [-0.3, -0.25) is 9.59 Å². The van der Waals surface area contributed by atoms with Crippen LogP contribution >= 0.6 is 12.6 Å². The second kappa shape index (κ2) is 6.62. The lowest BCUT2D eigenvalue weighted by atomic mass is 10.1. The molecule has 1 saturated heterocycles. The van der Waals surface area contributed by atoms with E-state index in [1.54, 1.807) is 19.2 Å². The highest BCUT2D eigenvalue weighted by Crippen LogP contribution is 2.17. The fourth-order valence-electron chi connectivity index (χ4n) is 1.88. The Balaban J connectivity index is 1.92. The van der Waals surface area contributed by atoms with Crippen LogP contribution in [-0.4, -0.2) is 35.2 Å². The Labute approximate surface area is 127 Å². The SMILES string of the molecule is COc1ccc(CC(S)C(=O)ON2C(=O)CCC2=O)cc1. The first kappa shape index (κ1) is 15.4. The zero-order chi connectivity index (χ0) is 15.4. The molecule has 1 aromatic carbocycles. The summed E-state index contributed by atoms with van der Waals surface area (Å²) >= 11 is 4.16. The zero-order valence-electron chi connectivity index (χ0n) is 11.4. The number of rotatable bonds is 5. The van der Waals surface area contributed by atoms with Crippen molar-refractivity contribution in [1.82, 2.24) is 5.06 Å². The number of hydroxylamine groups is 2. The lowest BCUT2D eigenvalue weighted by molar-refractivity contribution is -0.197. The van der Waals surface area contributed by atoms with Crippen LogP contribution in [-0.2, 0) is 25.6 Å². The van der Waals surface area contributed by atoms with Crippen LogP contribution in [0.1, 0.15) is 18.4 Å². The molecule has 1 heterocycles. The van der Waals surface area contributed by atoms with E-state index in [-0.39, 0.29) is 12.8 Å². The number of thiol groups is 1. The molecule has 1 atom stereocenters. The predicted molar refractivity (Wildman–Crippen MR) is 76.7 cm³/mol. The van der Waals surface area contributed by atoms with Crippen molar-refractivity contribution in [2.75, 3.05) is 7.11 Å². The van der Waals surface area contributed by atoms with Gasteiger partial charge < -0.3 is 9.57 Å². The van der Waals surface area contributed by atoms with Crippen molar-refractivity contribution in [2.24, 2.45) is 0 Å². The second-order valence-electron chi connectivity index (χ2n) is 4.56. The molecule has 0 radical (unpaired) electrons. The first-order chi connectivity index (χ1) is 10.0. The van der Waals surface area contributed by atoms with Gasteiger partial charge in [0, 0.05) is 12.8 Å². The minimum Gasteiger partial charge on any atom is -0.497 e. The molecule has 6 nitrogen and oxygen atoms in total. The second-order valence-corrected chi connectivity index (χ2v) is 5.18. The van der Waals surface area contributed by atoms with Crippen molar-refractivity contribution in [3.8, 4) is 5.75 Å². The van der Waals surface area contributed by atoms with Gasteiger partial charge in [-0.1, -0.05) is 12.1 Å². The van der Waals surface area contributed by atoms with Gasteiger partial charge in [-0.2, -0.15) is 12.6 Å². The van der Waals surface area contributed by atoms with Crippen LogP contribution in [0.15, 0.2) is 24.3 Å². The van der Waals surface area contributed by atoms with Gasteiger partial charge in [0.2, 0.25) is 0 Å². The Morgan fingerprint density at radius 3 is 2.33 bits per heavy atom. The monoisotopic (exact) mass is 309 g/mol. The number of hydrogen-bond acceptors (Lipinski definition) is 6. The molecule has 7 heteroatoms. The standard InChI is InChI=1S/C14H15NO5S/c1-19-10-4-2-9(3-5-10)8-11(21)14(18)20-15-12(16)6-7-13(15)17/h2-5,11,21H,6-8H2,1H3. The van der Waals surface area contributed by atoms with E-state index in [0.717, 1.165) is 5.56 Å². The molecule has 1 aliphatic rings. The van der Waals surface area contributed by atoms with Crippen molar-refractivity contribution >= 4 is 30.4 Å². The maximum atomic E-state index is 11.8. The molecule has 1 fully saturated rings. The number of ether oxygens (including phenoxy) is 1. The van der Waals surface area contributed by atoms with E-state index in [1.807, 2.05) is 12.1 Å². The van der Waals surface area contributed by atoms with Gasteiger partial charge in [-0.15, -0.1) is 5.06 Å². The number of carbonyl (C=O) groups is 3. The van der Waals surface area contributed by atoms with Crippen molar-refractivity contribution in [3.63, 3.8) is 0 Å². The molecule has 1 unspecified atom stereocenters. The van der Waals surface area contributed by atoms with E-state index in [1.165, 1.54) is 0 Å². The summed E-state index contributed by atoms with van der Waals surface area (Å²) in [7, 11) is 1.57. The van der Waals surface area contributed by atoms with Crippen LogP contribution in [0.2, 0.25) is 0 Å². The minimum absolute atomic E-state index is 0.0713. The third kappa shape index (κ3) is 3.75. The van der Waals surface area contributed by atoms with Crippen LogP contribution in [0, 0.1) is 0 Å². The largest absolute Gasteiger partial charge is 0.497 e. The van der Waals surface area contributed by atoms with Gasteiger partial charge in [-0.25, -0.2) is 4.79 Å². The smallest absolute Gasteiger partial charge is 0.346 e. The number of nitrogens with zero attached hydrogens (tertiary/aromatic N) is 1. The number of benzene rings is 1. The fraction of sp³-hybridized carbons (Fsp3) is 0.357. The molecule has 0 saturated carbocycles. The zero-order valence-corrected chi connectivity index (χ0v) is 12.3. The number of amides is 2. The average Bonchev–Trinajstić information content (AvgIpc) is 2.79. The van der Waals surface area contributed by atoms with Gasteiger partial charge in [0.05, 0.1) is 7.11 Å². The summed E-state index contributed by atoms with van der Waals surface area (Å²) < 4.78 is 5.04. The van der Waals surface area contributed by atoms with E-state index in [0.29, 0.717) is 17.2 Å². The van der Waals surface area contributed by atoms with Crippen LogP contribution in [0.3, 0.4) is 0 Å². The van der Waals surface area contributed by atoms with Crippen molar-refractivity contribution in [3.05, 3.63) is 29.8 Å². The third-order valence-electron chi connectivity index (χ3n) is 3.05. The Hall–Kier alpha value is -2.02. The molecule has 1 aliphatic heterocycles. The molecular weight excluding hydrogens is 294 g/mol. The van der Waals surface area contributed by atoms with Crippen molar-refractivity contribution in [2.45, 2.75) is 24.5 Å². The Bertz CT molecular complexity index is 541. The minimum atomic E-state index is -0.764. The Morgan fingerprint density at radius 2 is 1.81 bits per heavy atom. The highest BCUT2D eigenvalue weighted by atomic mass is 32.1. The number of imide groups is 1. The third-order valence-corrected chi connectivity index (χ3v) is 3.44. The molecule has 0 bridgehead atoms. The highest BCUT2D eigenvalue weighted by Gasteiger charge is 2.34. The highest BCUT2D eigenvalue weighted by molar-refractivity contribution is 7.81. The number of carbonyl (C=O) groups excluding carboxylic acids is 3. The van der Waals surface area contributed by atoms with E-state index in [4.69, 9.17) is 9.57 Å². The van der Waals surface area contributed by atoms with E-state index < -0.39 is 23.0 Å². The summed E-state index contributed by atoms with van der Waals surface area (Å²) in [5, 5.41) is -0.237. The maximum Gasteiger partial charge on any atom is 0.346 e. The van der Waals surface area contributed by atoms with Crippen molar-refractivity contribution in [1.29, 1.82) is 0 Å². The van der Waals surface area contributed by atoms with Gasteiger partial charge in [0.1, 0.15) is 11.0 Å². The lowest BCUT2D eigenvalue weighted by Gasteiger charge is -2.16. The van der Waals surface area contributed by atoms with Crippen LogP contribution in [0.5, 0.6) is 5.75 Å². The first-order valence-electron chi connectivity index (χ1n) is 6.40. The van der Waals surface area contributed by atoms with Crippen LogP contribution < -0.4 is 4.74 Å². The number of methoxy groups -OCH3 is 1. The summed E-state index contributed by atoms with van der Waals surface area (Å²) in [5.74, 6) is -1.01. The molecule has 21 heavy (non-hydrogen) atoms. The molecular formula is C14H15NO5S.